The van der Waals surface area contributed by atoms with Crippen LogP contribution >= 0.6 is 11.6 Å². The quantitative estimate of drug-likeness (QED) is 0.713. The molecule has 0 bridgehead atoms. The minimum atomic E-state index is 0.569. The van der Waals surface area contributed by atoms with Gasteiger partial charge in [-0.05, 0) is 38.1 Å². The van der Waals surface area contributed by atoms with Crippen molar-refractivity contribution in [3.63, 3.8) is 0 Å². The zero-order valence-electron chi connectivity index (χ0n) is 13.4. The molecule has 0 fully saturated rings. The monoisotopic (exact) mass is 301 g/mol. The van der Waals surface area contributed by atoms with Crippen molar-refractivity contribution >= 4 is 11.6 Å². The van der Waals surface area contributed by atoms with Crippen LogP contribution in [0.4, 0.5) is 0 Å². The predicted octanol–water partition coefficient (Wildman–Crippen LogP) is 2.82. The van der Waals surface area contributed by atoms with Crippen LogP contribution in [0.25, 0.3) is 0 Å². The van der Waals surface area contributed by atoms with Crippen LogP contribution in [0.3, 0.4) is 0 Å². The van der Waals surface area contributed by atoms with Gasteiger partial charge in [0, 0.05) is 20.7 Å². The first-order valence-electron chi connectivity index (χ1n) is 7.33. The van der Waals surface area contributed by atoms with Gasteiger partial charge in [0.2, 0.25) is 0 Å². The van der Waals surface area contributed by atoms with Crippen LogP contribution in [-0.4, -0.2) is 36.6 Å². The standard InChI is InChI=1S/C15H28ClN3O/c1-11(2)8-13(10-17-6-7-20-5)9-14-15(16)12(3)18-19(14)4/h11,13,17H,6-10H2,1-5H3. The summed E-state index contributed by atoms with van der Waals surface area (Å²) in [5.74, 6) is 1.25. The molecule has 1 rings (SSSR count). The first kappa shape index (κ1) is 17.5. The fourth-order valence-electron chi connectivity index (χ4n) is 2.56. The van der Waals surface area contributed by atoms with Gasteiger partial charge in [-0.15, -0.1) is 0 Å². The molecule has 1 heterocycles. The van der Waals surface area contributed by atoms with Crippen molar-refractivity contribution in [1.29, 1.82) is 0 Å². The molecule has 0 amide bonds. The largest absolute Gasteiger partial charge is 0.383 e. The molecule has 4 nitrogen and oxygen atoms in total. The van der Waals surface area contributed by atoms with Crippen LogP contribution in [0.15, 0.2) is 0 Å². The Balaban J connectivity index is 2.63. The zero-order valence-corrected chi connectivity index (χ0v) is 14.1. The zero-order chi connectivity index (χ0) is 15.1. The molecule has 0 aromatic carbocycles. The van der Waals surface area contributed by atoms with Crippen molar-refractivity contribution in [2.24, 2.45) is 18.9 Å². The molecule has 0 aliphatic carbocycles. The molecule has 0 spiro atoms. The van der Waals surface area contributed by atoms with Crippen LogP contribution in [0, 0.1) is 18.8 Å². The molecule has 1 unspecified atom stereocenters. The summed E-state index contributed by atoms with van der Waals surface area (Å²) >= 11 is 6.35. The number of nitrogens with one attached hydrogen (secondary N) is 1. The molecule has 0 saturated heterocycles. The highest BCUT2D eigenvalue weighted by Crippen LogP contribution is 2.24. The molecule has 0 radical (unpaired) electrons. The van der Waals surface area contributed by atoms with E-state index in [1.54, 1.807) is 7.11 Å². The summed E-state index contributed by atoms with van der Waals surface area (Å²) in [6.07, 6.45) is 2.15. The topological polar surface area (TPSA) is 39.1 Å². The Labute approximate surface area is 127 Å². The van der Waals surface area contributed by atoms with Crippen molar-refractivity contribution < 1.29 is 4.74 Å². The summed E-state index contributed by atoms with van der Waals surface area (Å²) < 4.78 is 6.98. The highest BCUT2D eigenvalue weighted by atomic mass is 35.5. The van der Waals surface area contributed by atoms with Crippen LogP contribution in [-0.2, 0) is 18.2 Å². The lowest BCUT2D eigenvalue weighted by Crippen LogP contribution is -2.28. The molecule has 1 N–H and O–H groups in total. The van der Waals surface area contributed by atoms with Crippen molar-refractivity contribution in [2.45, 2.75) is 33.6 Å². The smallest absolute Gasteiger partial charge is 0.0847 e. The molecule has 1 atom stereocenters. The Morgan fingerprint density at radius 3 is 2.60 bits per heavy atom. The number of halogens is 1. The number of methoxy groups -OCH3 is 1. The van der Waals surface area contributed by atoms with E-state index in [1.165, 1.54) is 6.42 Å². The third-order valence-electron chi connectivity index (χ3n) is 3.46. The van der Waals surface area contributed by atoms with E-state index in [-0.39, 0.29) is 0 Å². The molecular formula is C15H28ClN3O. The van der Waals surface area contributed by atoms with Crippen LogP contribution in [0.2, 0.25) is 5.02 Å². The summed E-state index contributed by atoms with van der Waals surface area (Å²) in [4.78, 5) is 0. The molecule has 0 aliphatic rings. The van der Waals surface area contributed by atoms with Crippen LogP contribution in [0.1, 0.15) is 31.7 Å². The van der Waals surface area contributed by atoms with Crippen LogP contribution < -0.4 is 5.32 Å². The van der Waals surface area contributed by atoms with E-state index in [0.29, 0.717) is 11.8 Å². The van der Waals surface area contributed by atoms with Crippen molar-refractivity contribution in [2.75, 3.05) is 26.8 Å². The van der Waals surface area contributed by atoms with Gasteiger partial charge in [0.1, 0.15) is 0 Å². The Hall–Kier alpha value is -0.580. The maximum atomic E-state index is 6.35. The third-order valence-corrected chi connectivity index (χ3v) is 3.96. The van der Waals surface area contributed by atoms with E-state index in [0.717, 1.165) is 42.5 Å². The molecule has 1 aromatic rings. The van der Waals surface area contributed by atoms with Gasteiger partial charge in [-0.25, -0.2) is 0 Å². The van der Waals surface area contributed by atoms with E-state index in [1.807, 2.05) is 18.7 Å². The number of hydrogen-bond acceptors (Lipinski definition) is 3. The Bertz CT molecular complexity index is 404. The van der Waals surface area contributed by atoms with Crippen molar-refractivity contribution in [3.8, 4) is 0 Å². The minimum absolute atomic E-state index is 0.569. The average Bonchev–Trinajstić information content (AvgIpc) is 2.60. The molecule has 0 saturated carbocycles. The maximum Gasteiger partial charge on any atom is 0.0847 e. The molecule has 20 heavy (non-hydrogen) atoms. The highest BCUT2D eigenvalue weighted by Gasteiger charge is 2.18. The van der Waals surface area contributed by atoms with Gasteiger partial charge in [0.15, 0.2) is 0 Å². The number of aromatic nitrogens is 2. The Morgan fingerprint density at radius 2 is 2.10 bits per heavy atom. The van der Waals surface area contributed by atoms with E-state index in [4.69, 9.17) is 16.3 Å². The first-order chi connectivity index (χ1) is 9.45. The number of hydrogen-bond donors (Lipinski definition) is 1. The number of nitrogens with zero attached hydrogens (tertiary/aromatic N) is 2. The molecular weight excluding hydrogens is 274 g/mol. The summed E-state index contributed by atoms with van der Waals surface area (Å²) in [6.45, 7) is 9.11. The van der Waals surface area contributed by atoms with Gasteiger partial charge in [-0.1, -0.05) is 25.4 Å². The summed E-state index contributed by atoms with van der Waals surface area (Å²) in [7, 11) is 3.70. The number of aryl methyl sites for hydroxylation is 2. The van der Waals surface area contributed by atoms with Gasteiger partial charge < -0.3 is 10.1 Å². The minimum Gasteiger partial charge on any atom is -0.383 e. The lowest BCUT2D eigenvalue weighted by Gasteiger charge is -2.20. The third kappa shape index (κ3) is 5.43. The van der Waals surface area contributed by atoms with Gasteiger partial charge >= 0.3 is 0 Å². The molecule has 116 valence electrons. The van der Waals surface area contributed by atoms with Gasteiger partial charge in [0.05, 0.1) is 23.0 Å². The lowest BCUT2D eigenvalue weighted by atomic mass is 9.92. The van der Waals surface area contributed by atoms with E-state index in [2.05, 4.69) is 24.3 Å². The summed E-state index contributed by atoms with van der Waals surface area (Å²) in [5.41, 5.74) is 2.06. The highest BCUT2D eigenvalue weighted by molar-refractivity contribution is 6.31. The maximum absolute atomic E-state index is 6.35. The lowest BCUT2D eigenvalue weighted by molar-refractivity contribution is 0.197. The average molecular weight is 302 g/mol. The fourth-order valence-corrected chi connectivity index (χ4v) is 2.80. The number of rotatable bonds is 9. The van der Waals surface area contributed by atoms with Gasteiger partial charge in [-0.3, -0.25) is 4.68 Å². The number of ether oxygens (including phenoxy) is 1. The second-order valence-electron chi connectivity index (χ2n) is 5.87. The predicted molar refractivity (Wildman–Crippen MR) is 84.3 cm³/mol. The molecule has 1 aromatic heterocycles. The molecule has 5 heteroatoms. The van der Waals surface area contributed by atoms with Crippen LogP contribution in [0.5, 0.6) is 0 Å². The Kier molecular flexibility index (Phi) is 7.56. The van der Waals surface area contributed by atoms with E-state index in [9.17, 15) is 0 Å². The van der Waals surface area contributed by atoms with Crippen molar-refractivity contribution in [1.82, 2.24) is 15.1 Å². The SMILES string of the molecule is COCCNCC(Cc1c(Cl)c(C)nn1C)CC(C)C. The summed E-state index contributed by atoms with van der Waals surface area (Å²) in [5, 5.41) is 8.67. The normalized spacial score (nSPS) is 13.2. The fraction of sp³-hybridized carbons (Fsp3) is 0.800. The second kappa shape index (κ2) is 8.65. The van der Waals surface area contributed by atoms with Gasteiger partial charge in [-0.2, -0.15) is 5.10 Å². The van der Waals surface area contributed by atoms with E-state index < -0.39 is 0 Å². The van der Waals surface area contributed by atoms with E-state index >= 15 is 0 Å². The van der Waals surface area contributed by atoms with Gasteiger partial charge in [0.25, 0.3) is 0 Å². The molecule has 0 aliphatic heterocycles. The van der Waals surface area contributed by atoms with Crippen molar-refractivity contribution in [3.05, 3.63) is 16.4 Å². The second-order valence-corrected chi connectivity index (χ2v) is 6.24. The Morgan fingerprint density at radius 1 is 1.40 bits per heavy atom. The summed E-state index contributed by atoms with van der Waals surface area (Å²) in [6, 6.07) is 0. The first-order valence-corrected chi connectivity index (χ1v) is 7.71.